The molecular formula is C22H25FN4O2. The van der Waals surface area contributed by atoms with Crippen molar-refractivity contribution in [2.75, 3.05) is 19.0 Å². The minimum Gasteiger partial charge on any atom is -0.491 e. The first-order chi connectivity index (χ1) is 13.6. The second-order valence-electron chi connectivity index (χ2n) is 8.27. The second-order valence-corrected chi connectivity index (χ2v) is 8.27. The van der Waals surface area contributed by atoms with Crippen molar-refractivity contribution < 1.29 is 13.9 Å². The maximum atomic E-state index is 15.0. The number of nitrogens with two attached hydrogens (primary N) is 1. The van der Waals surface area contributed by atoms with Gasteiger partial charge in [0, 0.05) is 23.9 Å². The molecule has 2 aliphatic heterocycles. The number of fused-ring (bicyclic) bond motifs is 1. The molecule has 6 nitrogen and oxygen atoms in total. The molecule has 29 heavy (non-hydrogen) atoms. The third-order valence-electron chi connectivity index (χ3n) is 6.27. The fraction of sp³-hybridized carbons (Fsp3) is 0.364. The van der Waals surface area contributed by atoms with E-state index in [0.717, 1.165) is 17.0 Å². The lowest BCUT2D eigenvalue weighted by molar-refractivity contribution is -0.140. The van der Waals surface area contributed by atoms with Gasteiger partial charge in [-0.3, -0.25) is 9.69 Å². The van der Waals surface area contributed by atoms with Crippen molar-refractivity contribution >= 4 is 17.6 Å². The summed E-state index contributed by atoms with van der Waals surface area (Å²) in [5.74, 6) is 0.290. The highest BCUT2D eigenvalue weighted by Crippen LogP contribution is 2.48. The van der Waals surface area contributed by atoms with E-state index in [-0.39, 0.29) is 17.9 Å². The van der Waals surface area contributed by atoms with Crippen molar-refractivity contribution in [3.05, 3.63) is 59.4 Å². The average Bonchev–Trinajstić information content (AvgIpc) is 3.10. The van der Waals surface area contributed by atoms with Crippen LogP contribution in [-0.4, -0.2) is 30.4 Å². The van der Waals surface area contributed by atoms with E-state index >= 15 is 0 Å². The number of carbonyl (C=O) groups is 1. The predicted octanol–water partition coefficient (Wildman–Crippen LogP) is 3.40. The number of benzene rings is 2. The molecule has 0 bridgehead atoms. The lowest BCUT2D eigenvalue weighted by Gasteiger charge is -2.46. The van der Waals surface area contributed by atoms with Gasteiger partial charge < -0.3 is 15.8 Å². The Labute approximate surface area is 169 Å². The summed E-state index contributed by atoms with van der Waals surface area (Å²) >= 11 is 0. The Balaban J connectivity index is 1.74. The molecule has 2 aromatic rings. The molecule has 7 heteroatoms. The number of hydrogen-bond donors (Lipinski definition) is 2. The highest BCUT2D eigenvalue weighted by molar-refractivity contribution is 6.01. The SMILES string of the molecule is CN1C(=O)C(C)(C)C(C)(c2cc(NC3COc4ccccc43)ccc2F)N=C1N. The van der Waals surface area contributed by atoms with Gasteiger partial charge in [-0.2, -0.15) is 0 Å². The van der Waals surface area contributed by atoms with Gasteiger partial charge in [0.25, 0.3) is 0 Å². The fourth-order valence-electron chi connectivity index (χ4n) is 4.04. The average molecular weight is 396 g/mol. The van der Waals surface area contributed by atoms with Gasteiger partial charge in [0.2, 0.25) is 5.91 Å². The van der Waals surface area contributed by atoms with Crippen LogP contribution >= 0.6 is 0 Å². The van der Waals surface area contributed by atoms with Crippen LogP contribution in [0.2, 0.25) is 0 Å². The number of nitrogens with zero attached hydrogens (tertiary/aromatic N) is 2. The zero-order valence-electron chi connectivity index (χ0n) is 17.0. The van der Waals surface area contributed by atoms with Crippen LogP contribution in [0.25, 0.3) is 0 Å². The monoisotopic (exact) mass is 396 g/mol. The molecule has 3 N–H and O–H groups in total. The van der Waals surface area contributed by atoms with Crippen LogP contribution in [0.5, 0.6) is 5.75 Å². The lowest BCUT2D eigenvalue weighted by atomic mass is 9.67. The summed E-state index contributed by atoms with van der Waals surface area (Å²) in [4.78, 5) is 18.7. The first kappa shape index (κ1) is 19.2. The van der Waals surface area contributed by atoms with E-state index in [2.05, 4.69) is 10.3 Å². The Bertz CT molecular complexity index is 1020. The Morgan fingerprint density at radius 1 is 1.24 bits per heavy atom. The smallest absolute Gasteiger partial charge is 0.237 e. The highest BCUT2D eigenvalue weighted by atomic mass is 19.1. The summed E-state index contributed by atoms with van der Waals surface area (Å²) in [6.45, 7) is 5.77. The van der Waals surface area contributed by atoms with Crippen LogP contribution in [0, 0.1) is 11.2 Å². The Hall–Kier alpha value is -3.09. The fourth-order valence-corrected chi connectivity index (χ4v) is 4.04. The van der Waals surface area contributed by atoms with E-state index in [0.29, 0.717) is 12.2 Å². The van der Waals surface area contributed by atoms with E-state index < -0.39 is 16.8 Å². The molecule has 0 radical (unpaired) electrons. The lowest BCUT2D eigenvalue weighted by Crippen LogP contribution is -2.58. The van der Waals surface area contributed by atoms with Gasteiger partial charge in [-0.05, 0) is 45.0 Å². The number of ether oxygens (including phenoxy) is 1. The largest absolute Gasteiger partial charge is 0.491 e. The summed E-state index contributed by atoms with van der Waals surface area (Å²) in [6, 6.07) is 12.6. The summed E-state index contributed by atoms with van der Waals surface area (Å²) < 4.78 is 20.7. The number of amides is 1. The molecule has 0 saturated carbocycles. The Morgan fingerprint density at radius 2 is 1.97 bits per heavy atom. The molecule has 2 unspecified atom stereocenters. The Morgan fingerprint density at radius 3 is 2.72 bits per heavy atom. The highest BCUT2D eigenvalue weighted by Gasteiger charge is 2.53. The second kappa shape index (κ2) is 6.47. The molecule has 152 valence electrons. The van der Waals surface area contributed by atoms with Crippen molar-refractivity contribution in [3.63, 3.8) is 0 Å². The number of nitrogens with one attached hydrogen (secondary N) is 1. The molecule has 2 aliphatic rings. The standard InChI is InChI=1S/C22H25FN4O2/c1-21(2)19(28)27(4)20(24)26-22(21,3)15-11-13(9-10-16(15)23)25-17-12-29-18-8-6-5-7-14(17)18/h5-11,17,25H,12H2,1-4H3,(H2,24,26). The third kappa shape index (κ3) is 2.84. The van der Waals surface area contributed by atoms with Gasteiger partial charge in [0.1, 0.15) is 23.7 Å². The van der Waals surface area contributed by atoms with Gasteiger partial charge in [0.15, 0.2) is 5.96 Å². The number of para-hydroxylation sites is 1. The summed E-state index contributed by atoms with van der Waals surface area (Å²) in [5, 5.41) is 3.41. The van der Waals surface area contributed by atoms with Gasteiger partial charge >= 0.3 is 0 Å². The first-order valence-corrected chi connectivity index (χ1v) is 9.57. The zero-order chi connectivity index (χ0) is 21.0. The Kier molecular flexibility index (Phi) is 4.29. The zero-order valence-corrected chi connectivity index (χ0v) is 17.0. The van der Waals surface area contributed by atoms with Gasteiger partial charge in [0.05, 0.1) is 11.5 Å². The maximum absolute atomic E-state index is 15.0. The molecule has 0 spiro atoms. The number of rotatable bonds is 3. The van der Waals surface area contributed by atoms with E-state index in [1.54, 1.807) is 40.0 Å². The molecule has 1 amide bonds. The summed E-state index contributed by atoms with van der Waals surface area (Å²) in [7, 11) is 1.58. The van der Waals surface area contributed by atoms with Crippen molar-refractivity contribution in [3.8, 4) is 5.75 Å². The van der Waals surface area contributed by atoms with Crippen molar-refractivity contribution in [2.45, 2.75) is 32.4 Å². The van der Waals surface area contributed by atoms with Crippen LogP contribution in [-0.2, 0) is 10.3 Å². The molecule has 0 fully saturated rings. The van der Waals surface area contributed by atoms with Crippen LogP contribution in [0.1, 0.15) is 37.9 Å². The molecule has 0 aliphatic carbocycles. The van der Waals surface area contributed by atoms with Gasteiger partial charge in [-0.1, -0.05) is 18.2 Å². The summed E-state index contributed by atoms with van der Waals surface area (Å²) in [6.07, 6.45) is 0. The van der Waals surface area contributed by atoms with Gasteiger partial charge in [-0.25, -0.2) is 9.38 Å². The minimum absolute atomic E-state index is 0.0435. The molecule has 2 heterocycles. The molecule has 0 saturated heterocycles. The van der Waals surface area contributed by atoms with Crippen molar-refractivity contribution in [1.29, 1.82) is 0 Å². The third-order valence-corrected chi connectivity index (χ3v) is 6.27. The van der Waals surface area contributed by atoms with E-state index in [4.69, 9.17) is 10.5 Å². The molecule has 2 atom stereocenters. The molecule has 0 aromatic heterocycles. The van der Waals surface area contributed by atoms with Gasteiger partial charge in [-0.15, -0.1) is 0 Å². The number of guanidine groups is 1. The van der Waals surface area contributed by atoms with E-state index in [1.807, 2.05) is 24.3 Å². The van der Waals surface area contributed by atoms with Crippen LogP contribution in [0.4, 0.5) is 10.1 Å². The van der Waals surface area contributed by atoms with E-state index in [9.17, 15) is 9.18 Å². The number of carbonyl (C=O) groups excluding carboxylic acids is 1. The minimum atomic E-state index is -1.15. The molecular weight excluding hydrogens is 371 g/mol. The quantitative estimate of drug-likeness (QED) is 0.833. The predicted molar refractivity (Wildman–Crippen MR) is 110 cm³/mol. The normalized spacial score (nSPS) is 25.3. The van der Waals surface area contributed by atoms with Crippen LogP contribution in [0.3, 0.4) is 0 Å². The summed E-state index contributed by atoms with van der Waals surface area (Å²) in [5.41, 5.74) is 5.96. The number of hydrogen-bond acceptors (Lipinski definition) is 5. The topological polar surface area (TPSA) is 80.0 Å². The maximum Gasteiger partial charge on any atom is 0.237 e. The van der Waals surface area contributed by atoms with Crippen LogP contribution in [0.15, 0.2) is 47.5 Å². The number of halogens is 1. The number of anilines is 1. The van der Waals surface area contributed by atoms with Crippen molar-refractivity contribution in [1.82, 2.24) is 4.90 Å². The number of aliphatic imine (C=N–C) groups is 1. The van der Waals surface area contributed by atoms with Crippen molar-refractivity contribution in [2.24, 2.45) is 16.1 Å². The molecule has 2 aromatic carbocycles. The first-order valence-electron chi connectivity index (χ1n) is 9.57. The molecule has 4 rings (SSSR count). The van der Waals surface area contributed by atoms with E-state index in [1.165, 1.54) is 11.0 Å². The van der Waals surface area contributed by atoms with Crippen LogP contribution < -0.4 is 15.8 Å².